The van der Waals surface area contributed by atoms with E-state index in [1.807, 2.05) is 11.3 Å². The van der Waals surface area contributed by atoms with Crippen LogP contribution in [0.4, 0.5) is 17.1 Å². The first kappa shape index (κ1) is 29.8. The molecule has 4 heteroatoms. The number of hydrogen-bond acceptors (Lipinski definition) is 2. The van der Waals surface area contributed by atoms with E-state index >= 15 is 0 Å². The molecule has 0 amide bonds. The molecule has 0 unspecified atom stereocenters. The molecule has 52 heavy (non-hydrogen) atoms. The molecule has 11 rings (SSSR count). The molecule has 0 aliphatic carbocycles. The summed E-state index contributed by atoms with van der Waals surface area (Å²) in [5.41, 5.74) is 9.51. The van der Waals surface area contributed by atoms with Crippen molar-refractivity contribution in [2.75, 3.05) is 4.90 Å². The van der Waals surface area contributed by atoms with Crippen molar-refractivity contribution in [1.82, 2.24) is 4.57 Å². The van der Waals surface area contributed by atoms with Crippen LogP contribution >= 0.6 is 11.3 Å². The Morgan fingerprint density at radius 3 is 1.98 bits per heavy atom. The average Bonchev–Trinajstić information content (AvgIpc) is 3.88. The third-order valence-electron chi connectivity index (χ3n) is 10.4. The van der Waals surface area contributed by atoms with E-state index in [0.29, 0.717) is 14.5 Å². The van der Waals surface area contributed by atoms with Crippen LogP contribution in [-0.4, -0.2) is 19.1 Å². The van der Waals surface area contributed by atoms with Crippen molar-refractivity contribution in [2.24, 2.45) is 0 Å². The predicted octanol–water partition coefficient (Wildman–Crippen LogP) is 13.7. The average molecular weight is 746 g/mol. The molecule has 8 aromatic carbocycles. The van der Waals surface area contributed by atoms with Crippen molar-refractivity contribution in [3.63, 3.8) is 0 Å². The van der Waals surface area contributed by atoms with Crippen LogP contribution in [0.5, 0.6) is 0 Å². The smallest absolute Gasteiger partial charge is 0.0602 e. The Morgan fingerprint density at radius 2 is 1.10 bits per heavy atom. The quantitative estimate of drug-likeness (QED) is 0.159. The van der Waals surface area contributed by atoms with E-state index in [2.05, 4.69) is 191 Å². The Labute approximate surface area is 310 Å². The first-order valence-corrected chi connectivity index (χ1v) is 20.1. The van der Waals surface area contributed by atoms with Gasteiger partial charge in [-0.25, -0.2) is 0 Å². The number of nitrogens with zero attached hydrogens (tertiary/aromatic N) is 2. The summed E-state index contributed by atoms with van der Waals surface area (Å²) in [6, 6.07) is 67.1. The zero-order chi connectivity index (χ0) is 34.2. The van der Waals surface area contributed by atoms with Crippen molar-refractivity contribution < 1.29 is 0 Å². The van der Waals surface area contributed by atoms with Crippen LogP contribution in [0.2, 0.25) is 0 Å². The van der Waals surface area contributed by atoms with E-state index in [9.17, 15) is 0 Å². The van der Waals surface area contributed by atoms with Gasteiger partial charge in [-0.3, -0.25) is 0 Å². The molecule has 0 aliphatic heterocycles. The number of anilines is 3. The molecule has 0 fully saturated rings. The molecule has 3 heterocycles. The van der Waals surface area contributed by atoms with Gasteiger partial charge >= 0.3 is 185 Å². The molecule has 0 aliphatic rings. The van der Waals surface area contributed by atoms with Crippen LogP contribution in [0.15, 0.2) is 182 Å². The van der Waals surface area contributed by atoms with Gasteiger partial charge in [-0.1, -0.05) is 54.6 Å². The number of aromatic nitrogens is 1. The van der Waals surface area contributed by atoms with E-state index in [1.165, 1.54) is 83.8 Å². The zero-order valence-electron chi connectivity index (χ0n) is 28.0. The van der Waals surface area contributed by atoms with E-state index < -0.39 is 0 Å². The fourth-order valence-corrected chi connectivity index (χ4v) is 11.4. The number of hydrogen-bond donors (Lipinski definition) is 0. The second-order valence-corrected chi connectivity index (χ2v) is 16.7. The number of rotatable bonds is 5. The Kier molecular flexibility index (Phi) is 6.78. The molecule has 0 saturated heterocycles. The third-order valence-corrected chi connectivity index (χ3v) is 13.9. The summed E-state index contributed by atoms with van der Waals surface area (Å²) >= 11 is 2.24. The summed E-state index contributed by atoms with van der Waals surface area (Å²) in [4.78, 5) is 2.46. The van der Waals surface area contributed by atoms with Gasteiger partial charge in [0.05, 0.1) is 11.0 Å². The van der Waals surface area contributed by atoms with Gasteiger partial charge in [0.25, 0.3) is 0 Å². The molecule has 0 radical (unpaired) electrons. The fourth-order valence-electron chi connectivity index (χ4n) is 8.03. The van der Waals surface area contributed by atoms with Crippen LogP contribution in [0.1, 0.15) is 0 Å². The van der Waals surface area contributed by atoms with Gasteiger partial charge in [-0.15, -0.1) is 11.3 Å². The second kappa shape index (κ2) is 11.8. The van der Waals surface area contributed by atoms with Crippen molar-refractivity contribution in [2.45, 2.75) is 0 Å². The minimum atomic E-state index is 0.371. The van der Waals surface area contributed by atoms with Crippen molar-refractivity contribution in [3.05, 3.63) is 182 Å². The topological polar surface area (TPSA) is 8.17 Å². The normalized spacial score (nSPS) is 11.8. The SMILES string of the molecule is c1ccc(-n2c3ccccc3c3cc(N(c4ccc(-c5ccc6[se]c7ccccc7c6c5)cc4)c4cccc5sc6ccccc6c45)ccc32)cc1. The molecule has 0 saturated carbocycles. The molecule has 11 aromatic rings. The Bertz CT molecular complexity index is 3130. The maximum atomic E-state index is 2.46. The van der Waals surface area contributed by atoms with Crippen molar-refractivity contribution >= 4 is 104 Å². The Balaban J connectivity index is 1.12. The minimum Gasteiger partial charge on any atom is -0.0602 e. The molecular weight excluding hydrogens is 716 g/mol. The Morgan fingerprint density at radius 1 is 0.423 bits per heavy atom. The molecular formula is C48H30N2SSe. The first-order chi connectivity index (χ1) is 25.8. The van der Waals surface area contributed by atoms with Gasteiger partial charge in [0, 0.05) is 15.8 Å². The molecule has 3 aromatic heterocycles. The predicted molar refractivity (Wildman–Crippen MR) is 226 cm³/mol. The molecule has 2 nitrogen and oxygen atoms in total. The van der Waals surface area contributed by atoms with Gasteiger partial charge in [0.15, 0.2) is 0 Å². The standard InChI is InChI=1S/C48H30N2SSe/c1-2-11-33(12-3-1)50-41-16-7-4-13-36(41)39-30-35(26-27-42(39)50)49(43-17-10-19-45-48(43)38-15-5-8-18-44(38)51-45)34-24-21-31(22-25-34)32-23-28-47-40(29-32)37-14-6-9-20-46(37)52-47/h1-30H. The minimum absolute atomic E-state index is 0.371. The molecule has 0 spiro atoms. The van der Waals surface area contributed by atoms with Crippen LogP contribution in [0.3, 0.4) is 0 Å². The number of fused-ring (bicyclic) bond motifs is 9. The fraction of sp³-hybridized carbons (Fsp3) is 0. The molecule has 0 N–H and O–H groups in total. The third kappa shape index (κ3) is 4.62. The summed E-state index contributed by atoms with van der Waals surface area (Å²) < 4.78 is 7.94. The maximum absolute atomic E-state index is 2.46. The van der Waals surface area contributed by atoms with Crippen molar-refractivity contribution in [1.29, 1.82) is 0 Å². The summed E-state index contributed by atoms with van der Waals surface area (Å²) in [6.45, 7) is 0. The number of thiophene rings is 1. The second-order valence-electron chi connectivity index (χ2n) is 13.3. The van der Waals surface area contributed by atoms with E-state index in [4.69, 9.17) is 0 Å². The van der Waals surface area contributed by atoms with Gasteiger partial charge in [0.1, 0.15) is 0 Å². The summed E-state index contributed by atoms with van der Waals surface area (Å²) in [5, 5.41) is 7.85. The van der Waals surface area contributed by atoms with E-state index in [-0.39, 0.29) is 0 Å². The van der Waals surface area contributed by atoms with Gasteiger partial charge < -0.3 is 4.57 Å². The monoisotopic (exact) mass is 746 g/mol. The molecule has 0 atom stereocenters. The Hall–Kier alpha value is -5.90. The molecule has 0 bridgehead atoms. The van der Waals surface area contributed by atoms with Crippen LogP contribution in [0, 0.1) is 0 Å². The van der Waals surface area contributed by atoms with Gasteiger partial charge in [-0.05, 0) is 30.3 Å². The van der Waals surface area contributed by atoms with Crippen LogP contribution < -0.4 is 4.90 Å². The summed E-state index contributed by atoms with van der Waals surface area (Å²) in [7, 11) is 0. The van der Waals surface area contributed by atoms with E-state index in [1.54, 1.807) is 0 Å². The number of benzene rings is 8. The van der Waals surface area contributed by atoms with E-state index in [0.717, 1.165) is 11.4 Å². The zero-order valence-corrected chi connectivity index (χ0v) is 30.6. The summed E-state index contributed by atoms with van der Waals surface area (Å²) in [6.07, 6.45) is 0. The first-order valence-electron chi connectivity index (χ1n) is 17.6. The van der Waals surface area contributed by atoms with Crippen molar-refractivity contribution in [3.8, 4) is 16.8 Å². The number of para-hydroxylation sites is 2. The van der Waals surface area contributed by atoms with Crippen LogP contribution in [0.25, 0.3) is 78.1 Å². The van der Waals surface area contributed by atoms with Gasteiger partial charge in [0.2, 0.25) is 0 Å². The summed E-state index contributed by atoms with van der Waals surface area (Å²) in [5.74, 6) is 0. The van der Waals surface area contributed by atoms with Gasteiger partial charge in [-0.2, -0.15) is 0 Å². The van der Waals surface area contributed by atoms with Crippen LogP contribution in [-0.2, 0) is 0 Å². The molecule has 244 valence electrons.